The lowest BCUT2D eigenvalue weighted by Crippen LogP contribution is -2.30. The quantitative estimate of drug-likeness (QED) is 0.646. The van der Waals surface area contributed by atoms with E-state index >= 15 is 0 Å². The molecule has 3 aromatic rings. The number of nitrogens with one attached hydrogen (secondary N) is 1. The molecule has 0 fully saturated rings. The Morgan fingerprint density at radius 1 is 1.16 bits per heavy atom. The van der Waals surface area contributed by atoms with Gasteiger partial charge in [0.25, 0.3) is 5.91 Å². The van der Waals surface area contributed by atoms with Gasteiger partial charge in [-0.1, -0.05) is 23.2 Å². The van der Waals surface area contributed by atoms with Crippen molar-refractivity contribution in [2.24, 2.45) is 0 Å². The molecule has 0 spiro atoms. The minimum absolute atomic E-state index is 0.363. The molecular weight excluding hydrogens is 383 g/mol. The molecule has 25 heavy (non-hydrogen) atoms. The average molecular weight is 395 g/mol. The van der Waals surface area contributed by atoms with Gasteiger partial charge in [-0.15, -0.1) is 11.3 Å². The van der Waals surface area contributed by atoms with Crippen LogP contribution in [0.25, 0.3) is 10.2 Å². The van der Waals surface area contributed by atoms with Crippen molar-refractivity contribution in [3.05, 3.63) is 57.5 Å². The highest BCUT2D eigenvalue weighted by molar-refractivity contribution is 7.16. The van der Waals surface area contributed by atoms with E-state index in [1.807, 2.05) is 0 Å². The molecule has 0 aliphatic heterocycles. The lowest BCUT2D eigenvalue weighted by Gasteiger charge is -2.14. The van der Waals surface area contributed by atoms with Crippen LogP contribution in [0, 0.1) is 0 Å². The maximum absolute atomic E-state index is 12.2. The molecule has 0 aliphatic rings. The first-order valence-corrected chi connectivity index (χ1v) is 8.87. The van der Waals surface area contributed by atoms with Crippen LogP contribution >= 0.6 is 34.5 Å². The van der Waals surface area contributed by atoms with Crippen molar-refractivity contribution >= 4 is 62.3 Å². The Hall–Kier alpha value is -2.15. The van der Waals surface area contributed by atoms with Crippen molar-refractivity contribution in [1.29, 1.82) is 0 Å². The van der Waals surface area contributed by atoms with Gasteiger partial charge >= 0.3 is 5.97 Å². The van der Waals surface area contributed by atoms with Crippen LogP contribution in [0.4, 0.5) is 5.69 Å². The second kappa shape index (κ2) is 7.39. The van der Waals surface area contributed by atoms with E-state index in [0.717, 1.165) is 10.2 Å². The Bertz CT molecular complexity index is 938. The summed E-state index contributed by atoms with van der Waals surface area (Å²) in [5.74, 6) is -1.06. The van der Waals surface area contributed by atoms with Crippen LogP contribution in [0.5, 0.6) is 0 Å². The predicted octanol–water partition coefficient (Wildman–Crippen LogP) is 4.79. The van der Waals surface area contributed by atoms with Crippen LogP contribution < -0.4 is 5.32 Å². The highest BCUT2D eigenvalue weighted by Crippen LogP contribution is 2.23. The Morgan fingerprint density at radius 3 is 2.60 bits per heavy atom. The summed E-state index contributed by atoms with van der Waals surface area (Å²) < 4.78 is 6.10. The Labute approximate surface area is 157 Å². The molecule has 1 unspecified atom stereocenters. The SMILES string of the molecule is CC(OC(=O)c1ccc2ncsc2c1)C(=O)Nc1cc(Cl)cc(Cl)c1. The molecule has 0 saturated carbocycles. The third-order valence-electron chi connectivity index (χ3n) is 3.35. The lowest BCUT2D eigenvalue weighted by atomic mass is 10.2. The minimum atomic E-state index is -0.984. The lowest BCUT2D eigenvalue weighted by molar-refractivity contribution is -0.123. The first-order valence-electron chi connectivity index (χ1n) is 7.23. The van der Waals surface area contributed by atoms with Crippen LogP contribution in [0.2, 0.25) is 10.0 Å². The molecule has 1 amide bonds. The number of anilines is 1. The number of esters is 1. The van der Waals surface area contributed by atoms with Crippen molar-refractivity contribution in [2.45, 2.75) is 13.0 Å². The number of nitrogens with zero attached hydrogens (tertiary/aromatic N) is 1. The van der Waals surface area contributed by atoms with E-state index in [4.69, 9.17) is 27.9 Å². The topological polar surface area (TPSA) is 68.3 Å². The van der Waals surface area contributed by atoms with Gasteiger partial charge in [0.1, 0.15) is 0 Å². The smallest absolute Gasteiger partial charge is 0.338 e. The molecule has 3 rings (SSSR count). The van der Waals surface area contributed by atoms with E-state index in [-0.39, 0.29) is 0 Å². The summed E-state index contributed by atoms with van der Waals surface area (Å²) in [4.78, 5) is 28.6. The summed E-state index contributed by atoms with van der Waals surface area (Å²) in [7, 11) is 0. The highest BCUT2D eigenvalue weighted by Gasteiger charge is 2.19. The molecule has 0 bridgehead atoms. The van der Waals surface area contributed by atoms with Crippen LogP contribution in [0.15, 0.2) is 41.9 Å². The number of amides is 1. The molecule has 1 N–H and O–H groups in total. The molecule has 0 radical (unpaired) electrons. The van der Waals surface area contributed by atoms with Crippen molar-refractivity contribution < 1.29 is 14.3 Å². The summed E-state index contributed by atoms with van der Waals surface area (Å²) in [6, 6.07) is 9.70. The molecule has 8 heteroatoms. The van der Waals surface area contributed by atoms with Gasteiger partial charge in [-0.3, -0.25) is 4.79 Å². The maximum Gasteiger partial charge on any atom is 0.338 e. The molecule has 0 saturated heterocycles. The summed E-state index contributed by atoms with van der Waals surface area (Å²) in [5, 5.41) is 3.40. The zero-order valence-corrected chi connectivity index (χ0v) is 15.3. The number of hydrogen-bond acceptors (Lipinski definition) is 5. The minimum Gasteiger partial charge on any atom is -0.449 e. The second-order valence-corrected chi connectivity index (χ2v) is 6.99. The fourth-order valence-electron chi connectivity index (χ4n) is 2.13. The van der Waals surface area contributed by atoms with Gasteiger partial charge in [0.05, 0.1) is 21.3 Å². The molecular formula is C17H12Cl2N2O3S. The molecule has 5 nitrogen and oxygen atoms in total. The number of carbonyl (C=O) groups excluding carboxylic acids is 2. The predicted molar refractivity (Wildman–Crippen MR) is 99.6 cm³/mol. The fourth-order valence-corrected chi connectivity index (χ4v) is 3.38. The van der Waals surface area contributed by atoms with E-state index in [9.17, 15) is 9.59 Å². The number of thiazole rings is 1. The van der Waals surface area contributed by atoms with E-state index < -0.39 is 18.0 Å². The van der Waals surface area contributed by atoms with Gasteiger partial charge in [-0.05, 0) is 43.3 Å². The standard InChI is InChI=1S/C17H12Cl2N2O3S/c1-9(16(22)21-13-6-11(18)5-12(19)7-13)24-17(23)10-2-3-14-15(4-10)25-8-20-14/h2-9H,1H3,(H,21,22). The molecule has 0 aliphatic carbocycles. The summed E-state index contributed by atoms with van der Waals surface area (Å²) in [5.41, 5.74) is 3.30. The summed E-state index contributed by atoms with van der Waals surface area (Å²) in [6.07, 6.45) is -0.984. The number of carbonyl (C=O) groups is 2. The maximum atomic E-state index is 12.2. The van der Waals surface area contributed by atoms with Gasteiger partial charge in [-0.25, -0.2) is 9.78 Å². The number of rotatable bonds is 4. The van der Waals surface area contributed by atoms with Crippen LogP contribution in [0.3, 0.4) is 0 Å². The average Bonchev–Trinajstić information content (AvgIpc) is 3.01. The van der Waals surface area contributed by atoms with Crippen molar-refractivity contribution in [3.8, 4) is 0 Å². The molecule has 128 valence electrons. The van der Waals surface area contributed by atoms with Crippen LogP contribution in [0.1, 0.15) is 17.3 Å². The normalized spacial score (nSPS) is 12.0. The van der Waals surface area contributed by atoms with Crippen molar-refractivity contribution in [1.82, 2.24) is 4.98 Å². The van der Waals surface area contributed by atoms with Gasteiger partial charge in [0.15, 0.2) is 6.10 Å². The first kappa shape index (κ1) is 17.7. The molecule has 1 atom stereocenters. The van der Waals surface area contributed by atoms with E-state index in [1.165, 1.54) is 18.3 Å². The third kappa shape index (κ3) is 4.28. The van der Waals surface area contributed by atoms with Crippen molar-refractivity contribution in [3.63, 3.8) is 0 Å². The number of aromatic nitrogens is 1. The zero-order valence-electron chi connectivity index (χ0n) is 13.0. The monoisotopic (exact) mass is 394 g/mol. The first-order chi connectivity index (χ1) is 11.9. The van der Waals surface area contributed by atoms with E-state index in [1.54, 1.807) is 41.9 Å². The number of hydrogen-bond donors (Lipinski definition) is 1. The van der Waals surface area contributed by atoms with E-state index in [0.29, 0.717) is 21.3 Å². The largest absolute Gasteiger partial charge is 0.449 e. The summed E-state index contributed by atoms with van der Waals surface area (Å²) in [6.45, 7) is 1.49. The van der Waals surface area contributed by atoms with Crippen LogP contribution in [-0.4, -0.2) is 23.0 Å². The molecule has 1 heterocycles. The second-order valence-electron chi connectivity index (χ2n) is 5.23. The number of benzene rings is 2. The number of ether oxygens (including phenoxy) is 1. The zero-order chi connectivity index (χ0) is 18.0. The van der Waals surface area contributed by atoms with E-state index in [2.05, 4.69) is 10.3 Å². The third-order valence-corrected chi connectivity index (χ3v) is 4.58. The van der Waals surface area contributed by atoms with Gasteiger partial charge < -0.3 is 10.1 Å². The fraction of sp³-hybridized carbons (Fsp3) is 0.118. The Kier molecular flexibility index (Phi) is 5.22. The molecule has 2 aromatic carbocycles. The Balaban J connectivity index is 1.66. The van der Waals surface area contributed by atoms with Gasteiger partial charge in [-0.2, -0.15) is 0 Å². The van der Waals surface area contributed by atoms with Crippen LogP contribution in [-0.2, 0) is 9.53 Å². The Morgan fingerprint density at radius 2 is 1.88 bits per heavy atom. The highest BCUT2D eigenvalue weighted by atomic mass is 35.5. The van der Waals surface area contributed by atoms with Gasteiger partial charge in [0, 0.05) is 15.7 Å². The summed E-state index contributed by atoms with van der Waals surface area (Å²) >= 11 is 13.2. The van der Waals surface area contributed by atoms with Crippen molar-refractivity contribution in [2.75, 3.05) is 5.32 Å². The number of halogens is 2. The van der Waals surface area contributed by atoms with Gasteiger partial charge in [0.2, 0.25) is 0 Å². The molecule has 1 aromatic heterocycles. The number of fused-ring (bicyclic) bond motifs is 1.